The first-order valence-corrected chi connectivity index (χ1v) is 13.2. The first kappa shape index (κ1) is 31.8. The van der Waals surface area contributed by atoms with Gasteiger partial charge in [-0.05, 0) is 41.8 Å². The zero-order valence-electron chi connectivity index (χ0n) is 21.0. The van der Waals surface area contributed by atoms with Crippen molar-refractivity contribution in [3.63, 3.8) is 0 Å². The average molecular weight is 634 g/mol. The molecular formula is C27H26Cl3F3N4O2S. The highest BCUT2D eigenvalue weighted by molar-refractivity contribution is 7.12. The molecule has 2 aromatic heterocycles. The van der Waals surface area contributed by atoms with E-state index < -0.39 is 17.7 Å². The van der Waals surface area contributed by atoms with E-state index in [0.29, 0.717) is 59.5 Å². The van der Waals surface area contributed by atoms with Gasteiger partial charge in [-0.25, -0.2) is 4.79 Å². The predicted molar refractivity (Wildman–Crippen MR) is 159 cm³/mol. The Morgan fingerprint density at radius 2 is 1.77 bits per heavy atom. The van der Waals surface area contributed by atoms with Crippen molar-refractivity contribution < 1.29 is 22.7 Å². The molecule has 1 N–H and O–H groups in total. The summed E-state index contributed by atoms with van der Waals surface area (Å²) < 4.78 is 44.7. The molecule has 1 aliphatic heterocycles. The Morgan fingerprint density at radius 1 is 1.02 bits per heavy atom. The zero-order valence-corrected chi connectivity index (χ0v) is 24.2. The first-order valence-electron chi connectivity index (χ1n) is 12.0. The average Bonchev–Trinajstić information content (AvgIpc) is 3.38. The molecule has 0 unspecified atom stereocenters. The summed E-state index contributed by atoms with van der Waals surface area (Å²) in [5.41, 5.74) is 2.01. The van der Waals surface area contributed by atoms with E-state index in [2.05, 4.69) is 15.2 Å². The van der Waals surface area contributed by atoms with Crippen LogP contribution in [0.15, 0.2) is 66.2 Å². The van der Waals surface area contributed by atoms with Crippen LogP contribution in [-0.4, -0.2) is 55.2 Å². The standard InChI is InChI=1S/C27H24ClF3N4O2S.2ClH/c28-21-6-2-5-20-22(7-9-32-24(20)21)33-23-8-16-38-25(23)26(36)37-15-14-34-10-12-35(13-11-34)19-4-1-3-18(17-19)27(29,30)31;;/h1-9,16-17H,10-15H2,(H,32,33);2*1H. The molecule has 1 saturated heterocycles. The Kier molecular flexibility index (Phi) is 10.9. The number of carbonyl (C=O) groups excluding carboxylic acids is 1. The maximum atomic E-state index is 13.0. The number of anilines is 3. The lowest BCUT2D eigenvalue weighted by atomic mass is 10.1. The van der Waals surface area contributed by atoms with Crippen molar-refractivity contribution in [2.24, 2.45) is 0 Å². The predicted octanol–water partition coefficient (Wildman–Crippen LogP) is 7.53. The number of nitrogens with zero attached hydrogens (tertiary/aromatic N) is 3. The van der Waals surface area contributed by atoms with Gasteiger partial charge in [-0.15, -0.1) is 36.2 Å². The Bertz CT molecular complexity index is 1450. The highest BCUT2D eigenvalue weighted by Crippen LogP contribution is 2.33. The highest BCUT2D eigenvalue weighted by atomic mass is 35.5. The second-order valence-corrected chi connectivity index (χ2v) is 10.1. The number of thiophene rings is 1. The number of nitrogens with one attached hydrogen (secondary N) is 1. The molecular weight excluding hydrogens is 608 g/mol. The number of piperazine rings is 1. The minimum absolute atomic E-state index is 0. The first-order chi connectivity index (χ1) is 18.3. The summed E-state index contributed by atoms with van der Waals surface area (Å²) in [7, 11) is 0. The summed E-state index contributed by atoms with van der Waals surface area (Å²) in [6.45, 7) is 3.28. The van der Waals surface area contributed by atoms with Gasteiger partial charge in [0.15, 0.2) is 0 Å². The molecule has 3 heterocycles. The number of esters is 1. The van der Waals surface area contributed by atoms with E-state index in [4.69, 9.17) is 16.3 Å². The van der Waals surface area contributed by atoms with Crippen LogP contribution in [-0.2, 0) is 10.9 Å². The van der Waals surface area contributed by atoms with Crippen LogP contribution in [0.3, 0.4) is 0 Å². The van der Waals surface area contributed by atoms with Crippen molar-refractivity contribution in [3.8, 4) is 0 Å². The second-order valence-electron chi connectivity index (χ2n) is 8.80. The lowest BCUT2D eigenvalue weighted by Crippen LogP contribution is -2.47. The number of para-hydroxylation sites is 1. The van der Waals surface area contributed by atoms with Crippen molar-refractivity contribution in [3.05, 3.63) is 81.6 Å². The van der Waals surface area contributed by atoms with Gasteiger partial charge in [0.1, 0.15) is 11.5 Å². The van der Waals surface area contributed by atoms with Gasteiger partial charge in [0, 0.05) is 55.7 Å². The molecule has 0 radical (unpaired) electrons. The van der Waals surface area contributed by atoms with E-state index in [9.17, 15) is 18.0 Å². The van der Waals surface area contributed by atoms with Crippen molar-refractivity contribution in [2.45, 2.75) is 6.18 Å². The van der Waals surface area contributed by atoms with Gasteiger partial charge in [0.25, 0.3) is 0 Å². The third-order valence-corrected chi connectivity index (χ3v) is 7.59. The van der Waals surface area contributed by atoms with Crippen LogP contribution >= 0.6 is 47.8 Å². The van der Waals surface area contributed by atoms with E-state index in [1.54, 1.807) is 18.3 Å². The van der Waals surface area contributed by atoms with Gasteiger partial charge in [-0.1, -0.05) is 29.8 Å². The largest absolute Gasteiger partial charge is 0.460 e. The smallest absolute Gasteiger partial charge is 0.416 e. The Labute approximate surface area is 250 Å². The summed E-state index contributed by atoms with van der Waals surface area (Å²) in [5.74, 6) is -0.415. The number of aromatic nitrogens is 1. The minimum Gasteiger partial charge on any atom is -0.460 e. The SMILES string of the molecule is Cl.Cl.O=C(OCCN1CCN(c2cccc(C(F)(F)F)c2)CC1)c1sccc1Nc1ccnc2c(Cl)cccc12. The zero-order chi connectivity index (χ0) is 26.7. The van der Waals surface area contributed by atoms with Crippen LogP contribution in [0.4, 0.5) is 30.2 Å². The molecule has 0 saturated carbocycles. The monoisotopic (exact) mass is 632 g/mol. The van der Waals surface area contributed by atoms with Crippen molar-refractivity contribution in [2.75, 3.05) is 49.5 Å². The van der Waals surface area contributed by atoms with Gasteiger partial charge in [0.05, 0.1) is 21.8 Å². The Balaban J connectivity index is 0.00000220. The van der Waals surface area contributed by atoms with Crippen LogP contribution in [0, 0.1) is 0 Å². The van der Waals surface area contributed by atoms with Crippen LogP contribution < -0.4 is 10.2 Å². The number of halogens is 6. The Hall–Kier alpha value is -2.76. The third-order valence-electron chi connectivity index (χ3n) is 6.39. The maximum Gasteiger partial charge on any atom is 0.416 e. The molecule has 0 atom stereocenters. The van der Waals surface area contributed by atoms with Gasteiger partial charge >= 0.3 is 12.1 Å². The van der Waals surface area contributed by atoms with E-state index in [0.717, 1.165) is 17.1 Å². The fraction of sp³-hybridized carbons (Fsp3) is 0.259. The van der Waals surface area contributed by atoms with Crippen molar-refractivity contribution >= 4 is 81.7 Å². The number of fused-ring (bicyclic) bond motifs is 1. The van der Waals surface area contributed by atoms with Crippen LogP contribution in [0.2, 0.25) is 5.02 Å². The molecule has 1 fully saturated rings. The lowest BCUT2D eigenvalue weighted by Gasteiger charge is -2.36. The number of hydrogen-bond acceptors (Lipinski definition) is 7. The van der Waals surface area contributed by atoms with Gasteiger partial charge in [-0.3, -0.25) is 9.88 Å². The molecule has 4 aromatic rings. The molecule has 13 heteroatoms. The van der Waals surface area contributed by atoms with Crippen LogP contribution in [0.25, 0.3) is 10.9 Å². The molecule has 0 bridgehead atoms. The third kappa shape index (κ3) is 7.30. The molecule has 6 nitrogen and oxygen atoms in total. The number of benzene rings is 2. The highest BCUT2D eigenvalue weighted by Gasteiger charge is 2.31. The van der Waals surface area contributed by atoms with Crippen LogP contribution in [0.5, 0.6) is 0 Å². The number of ether oxygens (including phenoxy) is 1. The Morgan fingerprint density at radius 3 is 2.52 bits per heavy atom. The van der Waals surface area contributed by atoms with Crippen LogP contribution in [0.1, 0.15) is 15.2 Å². The fourth-order valence-electron chi connectivity index (χ4n) is 4.40. The minimum atomic E-state index is -4.36. The maximum absolute atomic E-state index is 13.0. The van der Waals surface area contributed by atoms with Gasteiger partial charge in [0.2, 0.25) is 0 Å². The van der Waals surface area contributed by atoms with Crippen molar-refractivity contribution in [1.82, 2.24) is 9.88 Å². The number of pyridine rings is 1. The molecule has 5 rings (SSSR count). The van der Waals surface area contributed by atoms with Gasteiger partial charge in [-0.2, -0.15) is 13.2 Å². The number of alkyl halides is 3. The molecule has 0 aliphatic carbocycles. The topological polar surface area (TPSA) is 57.7 Å². The number of carbonyl (C=O) groups is 1. The molecule has 0 spiro atoms. The second kappa shape index (κ2) is 13.7. The quantitative estimate of drug-likeness (QED) is 0.212. The lowest BCUT2D eigenvalue weighted by molar-refractivity contribution is -0.137. The van der Waals surface area contributed by atoms with E-state index in [1.165, 1.54) is 23.5 Å². The summed E-state index contributed by atoms with van der Waals surface area (Å²) >= 11 is 7.56. The molecule has 0 amide bonds. The van der Waals surface area contributed by atoms with Gasteiger partial charge < -0.3 is 15.0 Å². The molecule has 40 heavy (non-hydrogen) atoms. The van der Waals surface area contributed by atoms with Crippen molar-refractivity contribution in [1.29, 1.82) is 0 Å². The normalized spacial score (nSPS) is 13.8. The summed E-state index contributed by atoms with van der Waals surface area (Å²) in [6, 6.07) is 14.6. The van der Waals surface area contributed by atoms with E-state index in [1.807, 2.05) is 34.5 Å². The number of rotatable bonds is 7. The fourth-order valence-corrected chi connectivity index (χ4v) is 5.37. The molecule has 1 aliphatic rings. The summed E-state index contributed by atoms with van der Waals surface area (Å²) in [4.78, 5) is 21.7. The van der Waals surface area contributed by atoms with E-state index in [-0.39, 0.29) is 31.4 Å². The molecule has 2 aromatic carbocycles. The van der Waals surface area contributed by atoms with E-state index >= 15 is 0 Å². The summed E-state index contributed by atoms with van der Waals surface area (Å²) in [6.07, 6.45) is -2.70. The summed E-state index contributed by atoms with van der Waals surface area (Å²) in [5, 5.41) is 6.51. The number of hydrogen-bond donors (Lipinski definition) is 1. The molecule has 214 valence electrons.